The number of aromatic amines is 1. The quantitative estimate of drug-likeness (QED) is 0.156. The number of aromatic nitrogens is 2. The van der Waals surface area contributed by atoms with E-state index in [9.17, 15) is 29.1 Å². The average Bonchev–Trinajstić information content (AvgIpc) is 3.29. The molecule has 5 unspecified atom stereocenters. The lowest BCUT2D eigenvalue weighted by Gasteiger charge is -2.28. The van der Waals surface area contributed by atoms with Crippen molar-refractivity contribution in [2.75, 3.05) is 0 Å². The van der Waals surface area contributed by atoms with Crippen LogP contribution in [-0.4, -0.2) is 68.8 Å². The minimum absolute atomic E-state index is 0.109. The minimum Gasteiger partial charge on any atom is -0.480 e. The number of amides is 4. The first-order valence-corrected chi connectivity index (χ1v) is 11.5. The van der Waals surface area contributed by atoms with Gasteiger partial charge in [0.2, 0.25) is 23.6 Å². The number of nitrogens with zero attached hydrogens (tertiary/aromatic N) is 1. The van der Waals surface area contributed by atoms with E-state index in [4.69, 9.17) is 11.5 Å². The Bertz CT molecular complexity index is 874. The fourth-order valence-electron chi connectivity index (χ4n) is 3.27. The Balaban J connectivity index is 3.00. The van der Waals surface area contributed by atoms with E-state index in [1.54, 1.807) is 20.8 Å². The van der Waals surface area contributed by atoms with Crippen LogP contribution in [0.15, 0.2) is 12.5 Å². The van der Waals surface area contributed by atoms with Gasteiger partial charge in [0.25, 0.3) is 0 Å². The predicted molar refractivity (Wildman–Crippen MR) is 126 cm³/mol. The first-order valence-electron chi connectivity index (χ1n) is 11.5. The number of imidazole rings is 1. The fraction of sp³-hybridized carbons (Fsp3) is 0.636. The second-order valence-corrected chi connectivity index (χ2v) is 8.89. The van der Waals surface area contributed by atoms with Gasteiger partial charge in [-0.15, -0.1) is 0 Å². The van der Waals surface area contributed by atoms with Gasteiger partial charge in [-0.3, -0.25) is 19.2 Å². The summed E-state index contributed by atoms with van der Waals surface area (Å²) in [6, 6.07) is -4.41. The summed E-state index contributed by atoms with van der Waals surface area (Å²) in [6.07, 6.45) is 3.30. The maximum atomic E-state index is 13.1. The van der Waals surface area contributed by atoms with Gasteiger partial charge in [0.1, 0.15) is 18.1 Å². The summed E-state index contributed by atoms with van der Waals surface area (Å²) in [6.45, 7) is 6.84. The zero-order valence-corrected chi connectivity index (χ0v) is 20.5. The van der Waals surface area contributed by atoms with Crippen LogP contribution >= 0.6 is 0 Å². The number of rotatable bonds is 15. The number of carbonyl (C=O) groups is 5. The van der Waals surface area contributed by atoms with Crippen molar-refractivity contribution in [2.45, 2.75) is 77.5 Å². The number of hydrogen-bond donors (Lipinski definition) is 7. The molecule has 4 amide bonds. The lowest BCUT2D eigenvalue weighted by Crippen LogP contribution is -2.59. The van der Waals surface area contributed by atoms with Gasteiger partial charge < -0.3 is 37.5 Å². The molecule has 0 aromatic carbocycles. The Morgan fingerprint density at radius 2 is 1.66 bits per heavy atom. The van der Waals surface area contributed by atoms with E-state index in [0.717, 1.165) is 0 Å². The Morgan fingerprint density at radius 3 is 2.14 bits per heavy atom. The largest absolute Gasteiger partial charge is 0.480 e. The molecule has 13 heteroatoms. The van der Waals surface area contributed by atoms with E-state index in [2.05, 4.69) is 25.9 Å². The second kappa shape index (κ2) is 14.0. The number of aliphatic carboxylic acids is 1. The molecule has 1 heterocycles. The zero-order valence-electron chi connectivity index (χ0n) is 20.5. The standard InChI is InChI=1S/C22H37N7O6/c1-5-12(4)18(21(33)28-17(11(2)3)22(34)35)29-20(32)15(6-7-16(24)30)27-19(31)14(23)8-13-9-25-10-26-13/h9-12,14-15,17-18H,5-8,23H2,1-4H3,(H2,24,30)(H,25,26)(H,27,31)(H,28,33)(H,29,32)(H,34,35). The zero-order chi connectivity index (χ0) is 26.7. The van der Waals surface area contributed by atoms with Gasteiger partial charge >= 0.3 is 5.97 Å². The van der Waals surface area contributed by atoms with Crippen LogP contribution in [-0.2, 0) is 30.4 Å². The van der Waals surface area contributed by atoms with Crippen LogP contribution in [0.25, 0.3) is 0 Å². The molecule has 1 aromatic heterocycles. The Labute approximate surface area is 204 Å². The summed E-state index contributed by atoms with van der Waals surface area (Å²) in [5.41, 5.74) is 11.8. The molecule has 0 radical (unpaired) electrons. The fourth-order valence-corrected chi connectivity index (χ4v) is 3.27. The summed E-state index contributed by atoms with van der Waals surface area (Å²) in [5, 5.41) is 17.0. The van der Waals surface area contributed by atoms with Crippen molar-refractivity contribution >= 4 is 29.6 Å². The summed E-state index contributed by atoms with van der Waals surface area (Å²) in [7, 11) is 0. The number of carboxylic acid groups (broad SMARTS) is 1. The van der Waals surface area contributed by atoms with E-state index >= 15 is 0 Å². The molecule has 0 spiro atoms. The number of carboxylic acids is 1. The van der Waals surface area contributed by atoms with Crippen molar-refractivity contribution in [3.8, 4) is 0 Å². The van der Waals surface area contributed by atoms with Crippen LogP contribution in [0.2, 0.25) is 0 Å². The molecule has 9 N–H and O–H groups in total. The van der Waals surface area contributed by atoms with Crippen LogP contribution in [0.5, 0.6) is 0 Å². The Hall–Kier alpha value is -3.48. The van der Waals surface area contributed by atoms with Gasteiger partial charge in [0, 0.05) is 24.7 Å². The number of primary amides is 1. The molecule has 0 aliphatic carbocycles. The number of nitrogens with two attached hydrogens (primary N) is 2. The lowest BCUT2D eigenvalue weighted by atomic mass is 9.96. The molecule has 0 saturated heterocycles. The monoisotopic (exact) mass is 495 g/mol. The molecule has 1 aromatic rings. The molecule has 196 valence electrons. The molecular weight excluding hydrogens is 458 g/mol. The van der Waals surface area contributed by atoms with Crippen molar-refractivity contribution < 1.29 is 29.1 Å². The number of carbonyl (C=O) groups excluding carboxylic acids is 4. The van der Waals surface area contributed by atoms with Crippen LogP contribution < -0.4 is 27.4 Å². The van der Waals surface area contributed by atoms with E-state index in [1.807, 2.05) is 6.92 Å². The van der Waals surface area contributed by atoms with Crippen LogP contribution in [0.4, 0.5) is 0 Å². The Morgan fingerprint density at radius 1 is 1.03 bits per heavy atom. The van der Waals surface area contributed by atoms with Gasteiger partial charge in [-0.05, 0) is 18.3 Å². The van der Waals surface area contributed by atoms with Crippen LogP contribution in [0, 0.1) is 11.8 Å². The molecule has 35 heavy (non-hydrogen) atoms. The second-order valence-electron chi connectivity index (χ2n) is 8.89. The van der Waals surface area contributed by atoms with Crippen molar-refractivity contribution in [3.05, 3.63) is 18.2 Å². The minimum atomic E-state index is -1.19. The van der Waals surface area contributed by atoms with E-state index < -0.39 is 53.8 Å². The predicted octanol–water partition coefficient (Wildman–Crippen LogP) is -1.21. The van der Waals surface area contributed by atoms with E-state index in [0.29, 0.717) is 12.1 Å². The summed E-state index contributed by atoms with van der Waals surface area (Å²) in [4.78, 5) is 68.1. The van der Waals surface area contributed by atoms with Crippen molar-refractivity contribution in [3.63, 3.8) is 0 Å². The molecule has 13 nitrogen and oxygen atoms in total. The number of H-pyrrole nitrogens is 1. The SMILES string of the molecule is CCC(C)C(NC(=O)C(CCC(N)=O)NC(=O)C(N)Cc1cnc[nH]1)C(=O)NC(C(=O)O)C(C)C. The summed E-state index contributed by atoms with van der Waals surface area (Å²) < 4.78 is 0. The molecule has 0 fully saturated rings. The molecule has 1 rings (SSSR count). The molecule has 0 aliphatic heterocycles. The first kappa shape index (κ1) is 29.6. The topological polar surface area (TPSA) is 222 Å². The highest BCUT2D eigenvalue weighted by Gasteiger charge is 2.33. The van der Waals surface area contributed by atoms with Crippen molar-refractivity contribution in [2.24, 2.45) is 23.3 Å². The van der Waals surface area contributed by atoms with Crippen molar-refractivity contribution in [1.82, 2.24) is 25.9 Å². The highest BCUT2D eigenvalue weighted by molar-refractivity contribution is 5.94. The highest BCUT2D eigenvalue weighted by Crippen LogP contribution is 2.11. The van der Waals surface area contributed by atoms with E-state index in [1.165, 1.54) is 12.5 Å². The van der Waals surface area contributed by atoms with Crippen molar-refractivity contribution in [1.29, 1.82) is 0 Å². The highest BCUT2D eigenvalue weighted by atomic mass is 16.4. The molecular formula is C22H37N7O6. The third-order valence-electron chi connectivity index (χ3n) is 5.67. The summed E-state index contributed by atoms with van der Waals surface area (Å²) in [5.74, 6) is -4.62. The van der Waals surface area contributed by atoms with Gasteiger partial charge in [0.05, 0.1) is 12.4 Å². The lowest BCUT2D eigenvalue weighted by molar-refractivity contribution is -0.144. The molecule has 0 bridgehead atoms. The molecule has 0 aliphatic rings. The number of hydrogen-bond acceptors (Lipinski definition) is 7. The maximum absolute atomic E-state index is 13.1. The molecule has 0 saturated carbocycles. The van der Waals surface area contributed by atoms with Crippen LogP contribution in [0.3, 0.4) is 0 Å². The summed E-state index contributed by atoms with van der Waals surface area (Å²) >= 11 is 0. The van der Waals surface area contributed by atoms with E-state index in [-0.39, 0.29) is 31.1 Å². The first-order chi connectivity index (χ1) is 16.4. The average molecular weight is 496 g/mol. The van der Waals surface area contributed by atoms with Gasteiger partial charge in [-0.25, -0.2) is 9.78 Å². The third-order valence-corrected chi connectivity index (χ3v) is 5.67. The molecule has 5 atom stereocenters. The van der Waals surface area contributed by atoms with Gasteiger partial charge in [-0.2, -0.15) is 0 Å². The Kier molecular flexibility index (Phi) is 11.9. The maximum Gasteiger partial charge on any atom is 0.326 e. The van der Waals surface area contributed by atoms with Gasteiger partial charge in [0.15, 0.2) is 0 Å². The van der Waals surface area contributed by atoms with Gasteiger partial charge in [-0.1, -0.05) is 34.1 Å². The van der Waals surface area contributed by atoms with Crippen LogP contribution in [0.1, 0.15) is 52.7 Å². The smallest absolute Gasteiger partial charge is 0.326 e. The number of nitrogens with one attached hydrogen (secondary N) is 4. The third kappa shape index (κ3) is 9.73. The normalized spacial score (nSPS) is 15.4.